The second-order valence-corrected chi connectivity index (χ2v) is 27.3. The van der Waals surface area contributed by atoms with Gasteiger partial charge in [-0.05, 0) is 167 Å². The number of aryl methyl sites for hydroxylation is 4. The number of aliphatic imine (C=N–C) groups is 1. The third-order valence-electron chi connectivity index (χ3n) is 14.1. The molecule has 77 heavy (non-hydrogen) atoms. The molecule has 0 bridgehead atoms. The normalized spacial score (nSPS) is 15.3. The Hall–Kier alpha value is -6.75. The zero-order valence-electron chi connectivity index (χ0n) is 45.9. The Bertz CT molecular complexity index is 3050. The zero-order chi connectivity index (χ0) is 57.2. The van der Waals surface area contributed by atoms with E-state index < -0.39 is 31.4 Å². The lowest BCUT2D eigenvalue weighted by Crippen LogP contribution is -2.59. The molecular formula is C58H69F2N9O5S2Si. The average molecular weight is 1100 g/mol. The zero-order valence-corrected chi connectivity index (χ0v) is 48.5. The summed E-state index contributed by atoms with van der Waals surface area (Å²) in [6, 6.07) is 20.1. The second kappa shape index (κ2) is 25.6. The molecule has 19 heteroatoms. The summed E-state index contributed by atoms with van der Waals surface area (Å²) in [7, 11) is -1.80. The van der Waals surface area contributed by atoms with E-state index in [2.05, 4.69) is 76.1 Å². The molecule has 4 aromatic rings. The highest BCUT2D eigenvalue weighted by molar-refractivity contribution is 7.81. The molecule has 0 spiro atoms. The van der Waals surface area contributed by atoms with Crippen LogP contribution in [0.2, 0.25) is 18.1 Å². The first-order valence-corrected chi connectivity index (χ1v) is 29.2. The number of β-amino-alcohol motifs (C(OH)–C–C–N with tert-alkyl or cyclic N) is 1. The molecule has 3 aliphatic rings. The number of aliphatic hydroxyl groups is 1. The maximum absolute atomic E-state index is 15.0. The monoisotopic (exact) mass is 1100 g/mol. The molecule has 3 aliphatic heterocycles. The smallest absolute Gasteiger partial charge is 0.299 e. The van der Waals surface area contributed by atoms with Crippen LogP contribution in [0.5, 0.6) is 0 Å². The van der Waals surface area contributed by atoms with Gasteiger partial charge in [-0.25, -0.2) is 25.0 Å². The van der Waals surface area contributed by atoms with E-state index in [1.54, 1.807) is 99.0 Å². The number of aliphatic hydroxyl groups excluding tert-OH is 1. The lowest BCUT2D eigenvalue weighted by molar-refractivity contribution is -0.141. The summed E-state index contributed by atoms with van der Waals surface area (Å²) in [5.74, 6) is -0.884. The number of nitrogens with one attached hydrogen (secondary N) is 1. The van der Waals surface area contributed by atoms with Gasteiger partial charge in [0.25, 0.3) is 11.6 Å². The van der Waals surface area contributed by atoms with E-state index in [1.807, 2.05) is 17.9 Å². The fourth-order valence-electron chi connectivity index (χ4n) is 8.48. The highest BCUT2D eigenvalue weighted by atomic mass is 32.1. The molecule has 0 unspecified atom stereocenters. The molecular weight excluding hydrogens is 1030 g/mol. The predicted octanol–water partition coefficient (Wildman–Crippen LogP) is 12.9. The van der Waals surface area contributed by atoms with Gasteiger partial charge in [0.15, 0.2) is 24.8 Å². The third kappa shape index (κ3) is 15.5. The number of isothiocyanates is 1. The predicted molar refractivity (Wildman–Crippen MR) is 310 cm³/mol. The van der Waals surface area contributed by atoms with E-state index in [0.717, 1.165) is 16.8 Å². The molecule has 7 rings (SSSR count). The fraction of sp³-hybridized carbons (Fsp3) is 0.448. The van der Waals surface area contributed by atoms with Gasteiger partial charge in [-0.1, -0.05) is 45.0 Å². The quantitative estimate of drug-likeness (QED) is 0.0517. The Morgan fingerprint density at radius 3 is 1.82 bits per heavy atom. The molecule has 0 aliphatic carbocycles. The van der Waals surface area contributed by atoms with E-state index in [1.165, 1.54) is 17.0 Å². The number of halogens is 2. The summed E-state index contributed by atoms with van der Waals surface area (Å²) in [5.41, 5.74) is 4.45. The number of rotatable bonds is 15. The number of hydrogen-bond acceptors (Lipinski definition) is 9. The second-order valence-electron chi connectivity index (χ2n) is 22.0. The van der Waals surface area contributed by atoms with Crippen LogP contribution in [0.1, 0.15) is 96.4 Å². The SMILES string of the molecule is [C-]#[N+]C(C)(C)Nc1ccc(CCCC(=O)N2CC(O[Si](C)(C)C(C)(C)C)C2)c(F)c1.[C-]#[N+]c1ccc(N2C(=O)C(C)(C)N(c3ccc(CCCC(=O)N4CC(O)C4)c(F)c3)C2=S)cc1C.[C-]#[N+]c1ccc(N=C=S)cc1C. The van der Waals surface area contributed by atoms with Crippen molar-refractivity contribution < 1.29 is 32.7 Å². The van der Waals surface area contributed by atoms with Gasteiger partial charge >= 0.3 is 0 Å². The van der Waals surface area contributed by atoms with Crippen molar-refractivity contribution in [2.75, 3.05) is 41.3 Å². The molecule has 0 radical (unpaired) electrons. The molecule has 3 fully saturated rings. The fourth-order valence-corrected chi connectivity index (χ4v) is 10.4. The summed E-state index contributed by atoms with van der Waals surface area (Å²) in [5, 5.41) is 15.0. The standard InChI is InChI=1S/C26H27FN4O3S.C23H36FN3O2Si.C9H6N2S/c1-16-12-18(10-11-22(16)28-4)30-24(34)26(2,3)31(25(30)35)19-9-8-17(21(27)13-19)6-5-7-23(33)29-14-20(32)15-29;1-22(2,3)30(7,8)29-19-15-27(16-19)21(28)11-9-10-17-12-13-18(14-20(17)24)26-23(4,5)25-6;1-7-5-8(11-6-12)3-4-9(7)10-2/h8-13,20,32H,5-7,14-15H2,1-3H3;12-14,19,26H,9-11,15-16H2,1-5,7-8H3;3-5H,1H3. The molecule has 3 saturated heterocycles. The summed E-state index contributed by atoms with van der Waals surface area (Å²) in [4.78, 5) is 58.4. The number of likely N-dealkylation sites (tertiary alicyclic amines) is 2. The maximum Gasteiger partial charge on any atom is 0.299 e. The van der Waals surface area contributed by atoms with Crippen LogP contribution < -0.4 is 15.1 Å². The van der Waals surface area contributed by atoms with Gasteiger partial charge in [0, 0.05) is 69.9 Å². The van der Waals surface area contributed by atoms with Gasteiger partial charge in [-0.2, -0.15) is 4.99 Å². The van der Waals surface area contributed by atoms with Gasteiger partial charge in [0.05, 0.1) is 36.2 Å². The first-order valence-electron chi connectivity index (χ1n) is 25.4. The van der Waals surface area contributed by atoms with E-state index in [9.17, 15) is 23.9 Å². The highest BCUT2D eigenvalue weighted by Gasteiger charge is 2.50. The van der Waals surface area contributed by atoms with Crippen molar-refractivity contribution >= 4 is 94.9 Å². The number of amides is 3. The Kier molecular flexibility index (Phi) is 20.3. The third-order valence-corrected chi connectivity index (χ3v) is 19.1. The van der Waals surface area contributed by atoms with Crippen LogP contribution in [0.3, 0.4) is 0 Å². The highest BCUT2D eigenvalue weighted by Crippen LogP contribution is 2.40. The lowest BCUT2D eigenvalue weighted by atomic mass is 10.0. The van der Waals surface area contributed by atoms with Crippen LogP contribution in [0.15, 0.2) is 77.8 Å². The van der Waals surface area contributed by atoms with Crippen molar-refractivity contribution in [3.63, 3.8) is 0 Å². The molecule has 0 saturated carbocycles. The van der Waals surface area contributed by atoms with Gasteiger partial charge in [0.1, 0.15) is 17.2 Å². The Balaban J connectivity index is 0.000000236. The minimum Gasteiger partial charge on any atom is -0.410 e. The number of carbonyl (C=O) groups is 3. The topological polar surface area (TPSA) is 131 Å². The molecule has 406 valence electrons. The van der Waals surface area contributed by atoms with Crippen molar-refractivity contribution in [2.45, 2.75) is 142 Å². The number of anilines is 3. The molecule has 3 heterocycles. The first-order chi connectivity index (χ1) is 36.1. The van der Waals surface area contributed by atoms with Crippen LogP contribution >= 0.6 is 24.4 Å². The van der Waals surface area contributed by atoms with Gasteiger partial charge < -0.3 is 29.5 Å². The van der Waals surface area contributed by atoms with Crippen LogP contribution in [0.25, 0.3) is 14.5 Å². The Morgan fingerprint density at radius 1 is 0.818 bits per heavy atom. The summed E-state index contributed by atoms with van der Waals surface area (Å²) < 4.78 is 35.7. The number of thiocarbonyl (C=S) groups is 2. The van der Waals surface area contributed by atoms with Crippen molar-refractivity contribution in [1.29, 1.82) is 0 Å². The van der Waals surface area contributed by atoms with Crippen molar-refractivity contribution in [1.82, 2.24) is 9.80 Å². The van der Waals surface area contributed by atoms with E-state index in [4.69, 9.17) is 36.4 Å². The summed E-state index contributed by atoms with van der Waals surface area (Å²) in [6.45, 7) is 45.0. The molecule has 0 aromatic heterocycles. The Morgan fingerprint density at radius 2 is 1.34 bits per heavy atom. The van der Waals surface area contributed by atoms with Gasteiger partial charge in [0.2, 0.25) is 11.8 Å². The van der Waals surface area contributed by atoms with E-state index >= 15 is 4.39 Å². The minimum absolute atomic E-state index is 0.0326. The molecule has 0 atom stereocenters. The maximum atomic E-state index is 15.0. The number of benzene rings is 4. The van der Waals surface area contributed by atoms with E-state index in [0.29, 0.717) is 104 Å². The number of carbonyl (C=O) groups excluding carboxylic acids is 3. The first kappa shape index (κ1) is 61.1. The number of hydrogen-bond donors (Lipinski definition) is 2. The van der Waals surface area contributed by atoms with Crippen LogP contribution in [0.4, 0.5) is 42.9 Å². The van der Waals surface area contributed by atoms with Crippen LogP contribution in [-0.4, -0.2) is 101 Å². The largest absolute Gasteiger partial charge is 0.410 e. The molecule has 4 aromatic carbocycles. The van der Waals surface area contributed by atoms with Gasteiger partial charge in [-0.15, -0.1) is 0 Å². The van der Waals surface area contributed by atoms with Crippen molar-refractivity contribution in [3.8, 4) is 0 Å². The molecule has 3 amide bonds. The van der Waals surface area contributed by atoms with E-state index in [-0.39, 0.29) is 39.8 Å². The van der Waals surface area contributed by atoms with Crippen LogP contribution in [-0.2, 0) is 31.7 Å². The molecule has 14 nitrogen and oxygen atoms in total. The minimum atomic E-state index is -1.80. The summed E-state index contributed by atoms with van der Waals surface area (Å²) >= 11 is 10.1. The van der Waals surface area contributed by atoms with Crippen molar-refractivity contribution in [3.05, 3.63) is 141 Å². The molecule has 2 N–H and O–H groups in total. The average Bonchev–Trinajstić information content (AvgIpc) is 3.52. The summed E-state index contributed by atoms with van der Waals surface area (Å²) in [6.07, 6.45) is 2.45. The van der Waals surface area contributed by atoms with Crippen molar-refractivity contribution in [2.24, 2.45) is 4.99 Å². The van der Waals surface area contributed by atoms with Gasteiger partial charge in [-0.3, -0.25) is 24.1 Å². The lowest BCUT2D eigenvalue weighted by Gasteiger charge is -2.46. The number of nitrogens with zero attached hydrogens (tertiary/aromatic N) is 8. The Labute approximate surface area is 464 Å². The van der Waals surface area contributed by atoms with Crippen LogP contribution in [0, 0.1) is 45.2 Å².